The highest BCUT2D eigenvalue weighted by Crippen LogP contribution is 2.15. The van der Waals surface area contributed by atoms with Gasteiger partial charge in [0.25, 0.3) is 0 Å². The van der Waals surface area contributed by atoms with Crippen LogP contribution in [0.4, 0.5) is 4.39 Å². The van der Waals surface area contributed by atoms with Crippen molar-refractivity contribution < 1.29 is 4.39 Å². The summed E-state index contributed by atoms with van der Waals surface area (Å²) in [6.07, 6.45) is 0. The third kappa shape index (κ3) is 3.92. The van der Waals surface area contributed by atoms with Crippen molar-refractivity contribution in [3.8, 4) is 0 Å². The van der Waals surface area contributed by atoms with Crippen LogP contribution in [0.5, 0.6) is 0 Å². The minimum absolute atomic E-state index is 0.151. The molecule has 1 aromatic carbocycles. The largest absolute Gasteiger partial charge is 0.310 e. The van der Waals surface area contributed by atoms with Crippen LogP contribution in [0.2, 0.25) is 0 Å². The predicted molar refractivity (Wildman–Crippen MR) is 65.2 cm³/mol. The van der Waals surface area contributed by atoms with E-state index >= 15 is 0 Å². The average Bonchev–Trinajstić information content (AvgIpc) is 2.18. The van der Waals surface area contributed by atoms with Crippen LogP contribution < -0.4 is 5.32 Å². The fourth-order valence-electron chi connectivity index (χ4n) is 1.19. The molecular weight excluding hydrogens is 257 g/mol. The normalized spacial score (nSPS) is 13.2. The second-order valence-corrected chi connectivity index (χ2v) is 5.06. The second kappa shape index (κ2) is 5.61. The molecule has 0 heterocycles. The summed E-state index contributed by atoms with van der Waals surface area (Å²) in [7, 11) is 0. The first-order valence-electron chi connectivity index (χ1n) is 5.18. The molecule has 1 N–H and O–H groups in total. The van der Waals surface area contributed by atoms with E-state index in [4.69, 9.17) is 0 Å². The van der Waals surface area contributed by atoms with Gasteiger partial charge in [-0.1, -0.05) is 29.8 Å². The Labute approximate surface area is 99.2 Å². The zero-order valence-corrected chi connectivity index (χ0v) is 10.9. The van der Waals surface area contributed by atoms with Crippen molar-refractivity contribution in [1.82, 2.24) is 5.32 Å². The number of hydrogen-bond acceptors (Lipinski definition) is 1. The lowest BCUT2D eigenvalue weighted by atomic mass is 10.1. The van der Waals surface area contributed by atoms with Gasteiger partial charge in [-0.3, -0.25) is 0 Å². The number of hydrogen-bond donors (Lipinski definition) is 1. The number of rotatable bonds is 4. The molecule has 0 unspecified atom stereocenters. The van der Waals surface area contributed by atoms with Crippen LogP contribution in [-0.2, 0) is 6.54 Å². The minimum atomic E-state index is -0.151. The Balaban J connectivity index is 2.61. The van der Waals surface area contributed by atoms with Crippen molar-refractivity contribution in [1.29, 1.82) is 0 Å². The molecule has 0 aliphatic carbocycles. The van der Waals surface area contributed by atoms with Gasteiger partial charge in [-0.15, -0.1) is 0 Å². The van der Waals surface area contributed by atoms with E-state index < -0.39 is 0 Å². The van der Waals surface area contributed by atoms with Crippen molar-refractivity contribution in [3.05, 3.63) is 34.1 Å². The highest BCUT2D eigenvalue weighted by Gasteiger charge is 2.08. The quantitative estimate of drug-likeness (QED) is 0.882. The lowest BCUT2D eigenvalue weighted by Crippen LogP contribution is -2.30. The average molecular weight is 274 g/mol. The molecule has 84 valence electrons. The molecule has 3 heteroatoms. The monoisotopic (exact) mass is 273 g/mol. The van der Waals surface area contributed by atoms with Crippen LogP contribution in [0.15, 0.2) is 22.7 Å². The maximum atomic E-state index is 13.4. The molecule has 15 heavy (non-hydrogen) atoms. The fraction of sp³-hybridized carbons (Fsp3) is 0.500. The van der Waals surface area contributed by atoms with Gasteiger partial charge in [0.2, 0.25) is 0 Å². The summed E-state index contributed by atoms with van der Waals surface area (Å²) >= 11 is 3.34. The molecule has 0 fully saturated rings. The van der Waals surface area contributed by atoms with Gasteiger partial charge in [-0.05, 0) is 31.0 Å². The van der Waals surface area contributed by atoms with Gasteiger partial charge in [0.1, 0.15) is 5.82 Å². The van der Waals surface area contributed by atoms with E-state index in [1.807, 2.05) is 6.07 Å². The van der Waals surface area contributed by atoms with E-state index in [1.165, 1.54) is 6.07 Å². The molecule has 0 aliphatic rings. The van der Waals surface area contributed by atoms with E-state index in [2.05, 4.69) is 42.0 Å². The third-order valence-corrected chi connectivity index (χ3v) is 3.12. The minimum Gasteiger partial charge on any atom is -0.310 e. The van der Waals surface area contributed by atoms with Crippen LogP contribution in [0.1, 0.15) is 26.3 Å². The summed E-state index contributed by atoms with van der Waals surface area (Å²) < 4.78 is 14.3. The Hall–Kier alpha value is -0.410. The molecule has 1 nitrogen and oxygen atoms in total. The van der Waals surface area contributed by atoms with Crippen molar-refractivity contribution in [2.45, 2.75) is 33.4 Å². The smallest absolute Gasteiger partial charge is 0.127 e. The number of benzene rings is 1. The molecular formula is C12H17BrFN. The summed E-state index contributed by atoms with van der Waals surface area (Å²) in [5.41, 5.74) is 0.705. The Kier molecular flexibility index (Phi) is 4.74. The van der Waals surface area contributed by atoms with E-state index in [0.29, 0.717) is 24.1 Å². The molecule has 1 atom stereocenters. The molecule has 1 aromatic rings. The Morgan fingerprint density at radius 1 is 1.33 bits per heavy atom. The molecule has 0 saturated carbocycles. The molecule has 1 rings (SSSR count). The molecule has 0 aliphatic heterocycles. The predicted octanol–water partition coefficient (Wildman–Crippen LogP) is 3.72. The van der Waals surface area contributed by atoms with Crippen molar-refractivity contribution in [3.63, 3.8) is 0 Å². The maximum Gasteiger partial charge on any atom is 0.127 e. The molecule has 0 bridgehead atoms. The topological polar surface area (TPSA) is 12.0 Å². The van der Waals surface area contributed by atoms with Crippen molar-refractivity contribution in [2.75, 3.05) is 0 Å². The van der Waals surface area contributed by atoms with Gasteiger partial charge in [0, 0.05) is 22.6 Å². The first-order valence-corrected chi connectivity index (χ1v) is 5.97. The van der Waals surface area contributed by atoms with Crippen LogP contribution in [0.25, 0.3) is 0 Å². The molecule has 0 saturated heterocycles. The van der Waals surface area contributed by atoms with Crippen LogP contribution in [-0.4, -0.2) is 6.04 Å². The van der Waals surface area contributed by atoms with Gasteiger partial charge in [0.05, 0.1) is 0 Å². The Morgan fingerprint density at radius 3 is 2.60 bits per heavy atom. The SMILES string of the molecule is CC(C)[C@H](C)NCc1cc(Br)ccc1F. The highest BCUT2D eigenvalue weighted by atomic mass is 79.9. The fourth-order valence-corrected chi connectivity index (χ4v) is 1.59. The van der Waals surface area contributed by atoms with Gasteiger partial charge in [0.15, 0.2) is 0 Å². The molecule has 0 radical (unpaired) electrons. The van der Waals surface area contributed by atoms with E-state index in [1.54, 1.807) is 6.07 Å². The molecule has 0 spiro atoms. The van der Waals surface area contributed by atoms with Gasteiger partial charge >= 0.3 is 0 Å². The van der Waals surface area contributed by atoms with Gasteiger partial charge in [-0.25, -0.2) is 4.39 Å². The summed E-state index contributed by atoms with van der Waals surface area (Å²) in [4.78, 5) is 0. The molecule has 0 aromatic heterocycles. The Morgan fingerprint density at radius 2 is 2.00 bits per heavy atom. The van der Waals surface area contributed by atoms with Crippen LogP contribution >= 0.6 is 15.9 Å². The van der Waals surface area contributed by atoms with Crippen molar-refractivity contribution in [2.24, 2.45) is 5.92 Å². The standard InChI is InChI=1S/C12H17BrFN/c1-8(2)9(3)15-7-10-6-11(13)4-5-12(10)14/h4-6,8-9,15H,7H2,1-3H3/t9-/m0/s1. The Bertz CT molecular complexity index is 325. The number of halogens is 2. The van der Waals surface area contributed by atoms with E-state index in [0.717, 1.165) is 4.47 Å². The summed E-state index contributed by atoms with van der Waals surface area (Å²) in [5.74, 6) is 0.405. The first-order chi connectivity index (χ1) is 7.00. The lowest BCUT2D eigenvalue weighted by Gasteiger charge is -2.17. The van der Waals surface area contributed by atoms with Crippen LogP contribution in [0.3, 0.4) is 0 Å². The molecule has 0 amide bonds. The zero-order chi connectivity index (χ0) is 11.4. The first kappa shape index (κ1) is 12.7. The lowest BCUT2D eigenvalue weighted by molar-refractivity contribution is 0.421. The number of nitrogens with one attached hydrogen (secondary N) is 1. The summed E-state index contributed by atoms with van der Waals surface area (Å²) in [6, 6.07) is 5.41. The second-order valence-electron chi connectivity index (χ2n) is 4.15. The van der Waals surface area contributed by atoms with Crippen molar-refractivity contribution >= 4 is 15.9 Å². The maximum absolute atomic E-state index is 13.4. The zero-order valence-electron chi connectivity index (χ0n) is 9.35. The van der Waals surface area contributed by atoms with Gasteiger partial charge < -0.3 is 5.32 Å². The van der Waals surface area contributed by atoms with E-state index in [9.17, 15) is 4.39 Å². The third-order valence-electron chi connectivity index (χ3n) is 2.62. The van der Waals surface area contributed by atoms with Gasteiger partial charge in [-0.2, -0.15) is 0 Å². The van der Waals surface area contributed by atoms with E-state index in [-0.39, 0.29) is 5.82 Å². The summed E-state index contributed by atoms with van der Waals surface area (Å²) in [6.45, 7) is 6.98. The van der Waals surface area contributed by atoms with Crippen LogP contribution in [0, 0.1) is 11.7 Å². The highest BCUT2D eigenvalue weighted by molar-refractivity contribution is 9.10. The summed E-state index contributed by atoms with van der Waals surface area (Å²) in [5, 5.41) is 3.31.